The SMILES string of the molecule is Cc1cc(OC(C)C)nc(NC(C)C2CCCNC2)n1. The van der Waals surface area contributed by atoms with Crippen LogP contribution in [0.4, 0.5) is 5.95 Å². The second-order valence-electron chi connectivity index (χ2n) is 5.88. The van der Waals surface area contributed by atoms with Crippen molar-refractivity contribution in [2.45, 2.75) is 52.7 Å². The van der Waals surface area contributed by atoms with Crippen LogP contribution >= 0.6 is 0 Å². The molecule has 1 fully saturated rings. The van der Waals surface area contributed by atoms with E-state index >= 15 is 0 Å². The molecular weight excluding hydrogens is 252 g/mol. The standard InChI is InChI=1S/C15H26N4O/c1-10(2)20-14-8-11(3)17-15(19-14)18-12(4)13-6-5-7-16-9-13/h8,10,12-13,16H,5-7,9H2,1-4H3,(H,17,18,19). The van der Waals surface area contributed by atoms with Crippen LogP contribution in [0.15, 0.2) is 6.07 Å². The second kappa shape index (κ2) is 6.88. The number of aryl methyl sites for hydroxylation is 1. The molecule has 2 heterocycles. The second-order valence-corrected chi connectivity index (χ2v) is 5.88. The Morgan fingerprint density at radius 2 is 2.15 bits per heavy atom. The molecule has 5 nitrogen and oxygen atoms in total. The summed E-state index contributed by atoms with van der Waals surface area (Å²) in [5.74, 6) is 1.94. The molecule has 2 N–H and O–H groups in total. The van der Waals surface area contributed by atoms with Gasteiger partial charge in [-0.25, -0.2) is 4.98 Å². The average molecular weight is 278 g/mol. The van der Waals surface area contributed by atoms with E-state index in [9.17, 15) is 0 Å². The largest absolute Gasteiger partial charge is 0.475 e. The number of nitrogens with one attached hydrogen (secondary N) is 2. The van der Waals surface area contributed by atoms with Gasteiger partial charge in [0, 0.05) is 17.8 Å². The highest BCUT2D eigenvalue weighted by Gasteiger charge is 2.20. The third-order valence-electron chi connectivity index (χ3n) is 3.59. The molecule has 0 spiro atoms. The van der Waals surface area contributed by atoms with E-state index in [0.29, 0.717) is 23.8 Å². The normalized spacial score (nSPS) is 20.8. The molecule has 20 heavy (non-hydrogen) atoms. The van der Waals surface area contributed by atoms with Gasteiger partial charge in [0.05, 0.1) is 6.10 Å². The molecule has 0 aromatic carbocycles. The van der Waals surface area contributed by atoms with Gasteiger partial charge in [0.15, 0.2) is 0 Å². The molecule has 112 valence electrons. The van der Waals surface area contributed by atoms with Crippen molar-refractivity contribution in [2.75, 3.05) is 18.4 Å². The first kappa shape index (κ1) is 15.0. The van der Waals surface area contributed by atoms with Crippen molar-refractivity contribution < 1.29 is 4.74 Å². The molecule has 2 atom stereocenters. The van der Waals surface area contributed by atoms with Crippen molar-refractivity contribution >= 4 is 5.95 Å². The monoisotopic (exact) mass is 278 g/mol. The highest BCUT2D eigenvalue weighted by atomic mass is 16.5. The van der Waals surface area contributed by atoms with Crippen molar-refractivity contribution in [2.24, 2.45) is 5.92 Å². The first-order valence-electron chi connectivity index (χ1n) is 7.54. The molecule has 1 aromatic rings. The van der Waals surface area contributed by atoms with Gasteiger partial charge in [0.1, 0.15) is 0 Å². The van der Waals surface area contributed by atoms with Crippen LogP contribution in [0.3, 0.4) is 0 Å². The lowest BCUT2D eigenvalue weighted by atomic mass is 9.93. The minimum Gasteiger partial charge on any atom is -0.475 e. The molecule has 1 aromatic heterocycles. The van der Waals surface area contributed by atoms with Gasteiger partial charge < -0.3 is 15.4 Å². The molecule has 2 unspecified atom stereocenters. The lowest BCUT2D eigenvalue weighted by molar-refractivity contribution is 0.232. The van der Waals surface area contributed by atoms with E-state index in [0.717, 1.165) is 18.8 Å². The first-order valence-corrected chi connectivity index (χ1v) is 7.54. The van der Waals surface area contributed by atoms with Crippen LogP contribution in [-0.2, 0) is 0 Å². The molecule has 2 rings (SSSR count). The number of ether oxygens (including phenoxy) is 1. The van der Waals surface area contributed by atoms with Crippen LogP contribution in [0, 0.1) is 12.8 Å². The lowest BCUT2D eigenvalue weighted by Crippen LogP contribution is -2.39. The number of rotatable bonds is 5. The van der Waals surface area contributed by atoms with Crippen molar-refractivity contribution in [3.05, 3.63) is 11.8 Å². The zero-order chi connectivity index (χ0) is 14.5. The molecule has 0 saturated carbocycles. The maximum absolute atomic E-state index is 5.66. The first-order chi connectivity index (χ1) is 9.54. The van der Waals surface area contributed by atoms with Crippen LogP contribution in [0.1, 0.15) is 39.3 Å². The van der Waals surface area contributed by atoms with Gasteiger partial charge in [-0.3, -0.25) is 0 Å². The minimum absolute atomic E-state index is 0.122. The van der Waals surface area contributed by atoms with Gasteiger partial charge in [-0.2, -0.15) is 4.98 Å². The third-order valence-corrected chi connectivity index (χ3v) is 3.59. The summed E-state index contributed by atoms with van der Waals surface area (Å²) in [6.07, 6.45) is 2.62. The number of hydrogen-bond donors (Lipinski definition) is 2. The Morgan fingerprint density at radius 3 is 2.80 bits per heavy atom. The highest BCUT2D eigenvalue weighted by Crippen LogP contribution is 2.19. The van der Waals surface area contributed by atoms with E-state index in [4.69, 9.17) is 4.74 Å². The van der Waals surface area contributed by atoms with E-state index in [-0.39, 0.29) is 6.10 Å². The Hall–Kier alpha value is -1.36. The number of aromatic nitrogens is 2. The number of nitrogens with zero attached hydrogens (tertiary/aromatic N) is 2. The highest BCUT2D eigenvalue weighted by molar-refractivity contribution is 5.31. The fourth-order valence-electron chi connectivity index (χ4n) is 2.53. The fraction of sp³-hybridized carbons (Fsp3) is 0.733. The minimum atomic E-state index is 0.122. The van der Waals surface area contributed by atoms with Crippen molar-refractivity contribution in [3.63, 3.8) is 0 Å². The van der Waals surface area contributed by atoms with E-state index in [1.54, 1.807) is 0 Å². The summed E-state index contributed by atoms with van der Waals surface area (Å²) in [7, 11) is 0. The Bertz CT molecular complexity index is 430. The van der Waals surface area contributed by atoms with Crippen LogP contribution < -0.4 is 15.4 Å². The quantitative estimate of drug-likeness (QED) is 0.866. The number of hydrogen-bond acceptors (Lipinski definition) is 5. The maximum Gasteiger partial charge on any atom is 0.226 e. The summed E-state index contributed by atoms with van der Waals surface area (Å²) >= 11 is 0. The van der Waals surface area contributed by atoms with E-state index in [1.807, 2.05) is 26.8 Å². The molecule has 0 radical (unpaired) electrons. The molecule has 1 aliphatic rings. The van der Waals surface area contributed by atoms with Gasteiger partial charge in [-0.1, -0.05) is 0 Å². The van der Waals surface area contributed by atoms with Crippen molar-refractivity contribution in [3.8, 4) is 5.88 Å². The Kier molecular flexibility index (Phi) is 5.17. The third kappa shape index (κ3) is 4.34. The molecule has 0 bridgehead atoms. The van der Waals surface area contributed by atoms with Crippen LogP contribution in [0.25, 0.3) is 0 Å². The summed E-state index contributed by atoms with van der Waals surface area (Å²) in [4.78, 5) is 8.90. The van der Waals surface area contributed by atoms with Gasteiger partial charge in [-0.15, -0.1) is 0 Å². The van der Waals surface area contributed by atoms with E-state index < -0.39 is 0 Å². The van der Waals surface area contributed by atoms with Gasteiger partial charge in [0.25, 0.3) is 0 Å². The van der Waals surface area contributed by atoms with E-state index in [1.165, 1.54) is 12.8 Å². The summed E-state index contributed by atoms with van der Waals surface area (Å²) in [6.45, 7) is 10.4. The van der Waals surface area contributed by atoms with Crippen LogP contribution in [0.5, 0.6) is 5.88 Å². The molecule has 1 saturated heterocycles. The smallest absolute Gasteiger partial charge is 0.226 e. The van der Waals surface area contributed by atoms with Crippen LogP contribution in [0.2, 0.25) is 0 Å². The molecule has 0 aliphatic carbocycles. The van der Waals surface area contributed by atoms with Crippen molar-refractivity contribution in [1.29, 1.82) is 0 Å². The molecule has 5 heteroatoms. The summed E-state index contributed by atoms with van der Waals surface area (Å²) in [5.41, 5.74) is 0.923. The predicted octanol–water partition coefficient (Wildman–Crippen LogP) is 2.37. The Balaban J connectivity index is 2.02. The van der Waals surface area contributed by atoms with Gasteiger partial charge >= 0.3 is 0 Å². The maximum atomic E-state index is 5.66. The zero-order valence-electron chi connectivity index (χ0n) is 12.9. The number of anilines is 1. The van der Waals surface area contributed by atoms with E-state index in [2.05, 4.69) is 27.5 Å². The molecular formula is C15H26N4O. The topological polar surface area (TPSA) is 59.1 Å². The average Bonchev–Trinajstić information content (AvgIpc) is 2.38. The zero-order valence-corrected chi connectivity index (χ0v) is 12.9. The Morgan fingerprint density at radius 1 is 1.35 bits per heavy atom. The summed E-state index contributed by atoms with van der Waals surface area (Å²) in [5, 5.41) is 6.87. The summed E-state index contributed by atoms with van der Waals surface area (Å²) in [6, 6.07) is 2.23. The van der Waals surface area contributed by atoms with Gasteiger partial charge in [0.2, 0.25) is 11.8 Å². The fourth-order valence-corrected chi connectivity index (χ4v) is 2.53. The molecule has 0 amide bonds. The molecule has 1 aliphatic heterocycles. The van der Waals surface area contributed by atoms with Gasteiger partial charge in [-0.05, 0) is 59.5 Å². The predicted molar refractivity (Wildman–Crippen MR) is 81.2 cm³/mol. The number of piperidine rings is 1. The lowest BCUT2D eigenvalue weighted by Gasteiger charge is -2.29. The van der Waals surface area contributed by atoms with Crippen LogP contribution in [-0.4, -0.2) is 35.2 Å². The van der Waals surface area contributed by atoms with Crippen molar-refractivity contribution in [1.82, 2.24) is 15.3 Å². The Labute approximate surface area is 121 Å². The summed E-state index contributed by atoms with van der Waals surface area (Å²) < 4.78 is 5.66.